The predicted molar refractivity (Wildman–Crippen MR) is 54.6 cm³/mol. The fraction of sp³-hybridized carbons (Fsp3) is 0.364. The van der Waals surface area contributed by atoms with Crippen molar-refractivity contribution in [3.8, 4) is 17.2 Å². The van der Waals surface area contributed by atoms with Gasteiger partial charge < -0.3 is 19.7 Å². The van der Waals surface area contributed by atoms with E-state index in [2.05, 4.69) is 0 Å². The lowest BCUT2D eigenvalue weighted by molar-refractivity contribution is -0.135. The number of phenols is 1. The van der Waals surface area contributed by atoms with Crippen molar-refractivity contribution in [3.63, 3.8) is 0 Å². The van der Waals surface area contributed by atoms with Crippen molar-refractivity contribution >= 4 is 5.97 Å². The monoisotopic (exact) mass is 224 g/mol. The van der Waals surface area contributed by atoms with Crippen LogP contribution in [-0.2, 0) is 11.2 Å². The average molecular weight is 224 g/mol. The Bertz CT molecular complexity index is 413. The molecule has 0 atom stereocenters. The molecular formula is C11H12O5. The minimum absolute atomic E-state index is 0.0536. The van der Waals surface area contributed by atoms with E-state index < -0.39 is 0 Å². The Kier molecular flexibility index (Phi) is 2.96. The molecule has 16 heavy (non-hydrogen) atoms. The highest BCUT2D eigenvalue weighted by Gasteiger charge is 2.21. The van der Waals surface area contributed by atoms with Crippen molar-refractivity contribution in [3.05, 3.63) is 17.7 Å². The number of carbonyl (C=O) groups is 1. The number of aliphatic hydroxyl groups excluding tert-OH is 1. The number of aromatic hydroxyl groups is 1. The Morgan fingerprint density at radius 1 is 1.38 bits per heavy atom. The molecule has 0 aliphatic carbocycles. The van der Waals surface area contributed by atoms with Gasteiger partial charge in [0.25, 0.3) is 0 Å². The van der Waals surface area contributed by atoms with Crippen LogP contribution in [0.2, 0.25) is 0 Å². The smallest absolute Gasteiger partial charge is 0.311 e. The maximum atomic E-state index is 11.1. The Morgan fingerprint density at radius 2 is 2.19 bits per heavy atom. The number of ether oxygens (including phenoxy) is 2. The average Bonchev–Trinajstić information content (AvgIpc) is 2.25. The van der Waals surface area contributed by atoms with E-state index in [1.165, 1.54) is 6.07 Å². The van der Waals surface area contributed by atoms with E-state index in [0.717, 1.165) is 0 Å². The number of aliphatic hydroxyl groups is 1. The third-order valence-electron chi connectivity index (χ3n) is 2.32. The number of benzene rings is 1. The number of phenolic OH excluding ortho intramolecular Hbond substituents is 1. The molecule has 0 saturated carbocycles. The first-order chi connectivity index (χ1) is 7.70. The van der Waals surface area contributed by atoms with Gasteiger partial charge in [-0.25, -0.2) is 0 Å². The molecule has 0 aromatic heterocycles. The van der Waals surface area contributed by atoms with Gasteiger partial charge >= 0.3 is 5.97 Å². The number of carbonyl (C=O) groups excluding carboxylic acids is 1. The number of esters is 1. The van der Waals surface area contributed by atoms with Gasteiger partial charge in [-0.15, -0.1) is 0 Å². The summed E-state index contributed by atoms with van der Waals surface area (Å²) >= 11 is 0. The lowest BCUT2D eigenvalue weighted by Crippen LogP contribution is -2.16. The third kappa shape index (κ3) is 2.09. The number of rotatable bonds is 3. The predicted octanol–water partition coefficient (Wildman–Crippen LogP) is 0.615. The van der Waals surface area contributed by atoms with Crippen LogP contribution in [0.1, 0.15) is 12.0 Å². The minimum Gasteiger partial charge on any atom is -0.507 e. The lowest BCUT2D eigenvalue weighted by Gasteiger charge is -2.17. The Labute approximate surface area is 92.2 Å². The van der Waals surface area contributed by atoms with E-state index in [4.69, 9.17) is 14.6 Å². The molecule has 1 heterocycles. The molecule has 1 aromatic rings. The van der Waals surface area contributed by atoms with Gasteiger partial charge in [-0.05, 0) is 6.42 Å². The molecule has 5 heteroatoms. The zero-order valence-electron chi connectivity index (χ0n) is 8.60. The van der Waals surface area contributed by atoms with Crippen LogP contribution in [0.25, 0.3) is 0 Å². The highest BCUT2D eigenvalue weighted by atomic mass is 16.5. The molecule has 0 fully saturated rings. The van der Waals surface area contributed by atoms with Crippen molar-refractivity contribution in [2.75, 3.05) is 13.2 Å². The molecule has 0 spiro atoms. The van der Waals surface area contributed by atoms with Gasteiger partial charge in [-0.3, -0.25) is 4.79 Å². The molecule has 1 aromatic carbocycles. The molecule has 2 N–H and O–H groups in total. The summed E-state index contributed by atoms with van der Waals surface area (Å²) in [6, 6.07) is 3.00. The second-order valence-electron chi connectivity index (χ2n) is 3.47. The fourth-order valence-corrected chi connectivity index (χ4v) is 1.60. The minimum atomic E-state index is -0.314. The second kappa shape index (κ2) is 4.40. The molecule has 0 radical (unpaired) electrons. The molecular weight excluding hydrogens is 212 g/mol. The zero-order chi connectivity index (χ0) is 11.5. The molecule has 0 saturated heterocycles. The first-order valence-corrected chi connectivity index (χ1v) is 5.01. The molecule has 0 unspecified atom stereocenters. The van der Waals surface area contributed by atoms with E-state index >= 15 is 0 Å². The van der Waals surface area contributed by atoms with Crippen molar-refractivity contribution in [2.24, 2.45) is 0 Å². The highest BCUT2D eigenvalue weighted by molar-refractivity contribution is 5.76. The molecule has 1 aliphatic rings. The molecule has 5 nitrogen and oxygen atoms in total. The lowest BCUT2D eigenvalue weighted by atomic mass is 10.0. The Balaban J connectivity index is 2.28. The largest absolute Gasteiger partial charge is 0.507 e. The van der Waals surface area contributed by atoms with Crippen LogP contribution in [0.5, 0.6) is 17.2 Å². The van der Waals surface area contributed by atoms with Gasteiger partial charge in [-0.1, -0.05) is 0 Å². The first kappa shape index (κ1) is 10.8. The van der Waals surface area contributed by atoms with Crippen molar-refractivity contribution in [1.82, 2.24) is 0 Å². The quantitative estimate of drug-likeness (QED) is 0.581. The number of fused-ring (bicyclic) bond motifs is 1. The van der Waals surface area contributed by atoms with Gasteiger partial charge in [0.2, 0.25) is 0 Å². The molecule has 0 bridgehead atoms. The van der Waals surface area contributed by atoms with Crippen molar-refractivity contribution in [2.45, 2.75) is 12.8 Å². The zero-order valence-corrected chi connectivity index (χ0v) is 8.60. The standard InChI is InChI=1S/C11H12O5/c12-3-4-15-7-5-9(13)8-1-2-11(14)16-10(8)6-7/h5-6,12-13H,1-4H2. The van der Waals surface area contributed by atoms with E-state index in [1.54, 1.807) is 6.07 Å². The Morgan fingerprint density at radius 3 is 2.94 bits per heavy atom. The normalized spacial score (nSPS) is 14.2. The van der Waals surface area contributed by atoms with Crippen LogP contribution < -0.4 is 9.47 Å². The van der Waals surface area contributed by atoms with Crippen LogP contribution in [-0.4, -0.2) is 29.4 Å². The first-order valence-electron chi connectivity index (χ1n) is 5.01. The van der Waals surface area contributed by atoms with Crippen molar-refractivity contribution < 1.29 is 24.5 Å². The highest BCUT2D eigenvalue weighted by Crippen LogP contribution is 2.36. The molecule has 2 rings (SSSR count). The fourth-order valence-electron chi connectivity index (χ4n) is 1.60. The topological polar surface area (TPSA) is 76.0 Å². The van der Waals surface area contributed by atoms with Gasteiger partial charge in [0.05, 0.1) is 13.0 Å². The summed E-state index contributed by atoms with van der Waals surface area (Å²) in [7, 11) is 0. The van der Waals surface area contributed by atoms with Crippen LogP contribution in [0.4, 0.5) is 0 Å². The van der Waals surface area contributed by atoms with E-state index in [-0.39, 0.29) is 31.4 Å². The number of hydrogen-bond donors (Lipinski definition) is 2. The Hall–Kier alpha value is -1.75. The second-order valence-corrected chi connectivity index (χ2v) is 3.47. The van der Waals surface area contributed by atoms with Crippen LogP contribution in [0, 0.1) is 0 Å². The summed E-state index contributed by atoms with van der Waals surface area (Å²) in [5.74, 6) is 0.452. The number of hydrogen-bond acceptors (Lipinski definition) is 5. The van der Waals surface area contributed by atoms with E-state index in [0.29, 0.717) is 23.5 Å². The van der Waals surface area contributed by atoms with Crippen LogP contribution in [0.3, 0.4) is 0 Å². The van der Waals surface area contributed by atoms with E-state index in [9.17, 15) is 9.90 Å². The maximum Gasteiger partial charge on any atom is 0.311 e. The van der Waals surface area contributed by atoms with Crippen LogP contribution >= 0.6 is 0 Å². The van der Waals surface area contributed by atoms with Gasteiger partial charge in [0, 0.05) is 17.7 Å². The van der Waals surface area contributed by atoms with Gasteiger partial charge in [0.1, 0.15) is 23.9 Å². The van der Waals surface area contributed by atoms with Gasteiger partial charge in [0.15, 0.2) is 0 Å². The molecule has 86 valence electrons. The molecule has 1 aliphatic heterocycles. The summed E-state index contributed by atoms with van der Waals surface area (Å²) < 4.78 is 10.1. The molecule has 0 amide bonds. The maximum absolute atomic E-state index is 11.1. The summed E-state index contributed by atoms with van der Waals surface area (Å²) in [6.45, 7) is 0.0177. The van der Waals surface area contributed by atoms with Crippen LogP contribution in [0.15, 0.2) is 12.1 Å². The third-order valence-corrected chi connectivity index (χ3v) is 2.32. The summed E-state index contributed by atoms with van der Waals surface area (Å²) in [5.41, 5.74) is 0.621. The summed E-state index contributed by atoms with van der Waals surface area (Å²) in [6.07, 6.45) is 0.748. The van der Waals surface area contributed by atoms with Gasteiger partial charge in [-0.2, -0.15) is 0 Å². The summed E-state index contributed by atoms with van der Waals surface area (Å²) in [4.78, 5) is 11.1. The van der Waals surface area contributed by atoms with E-state index in [1.807, 2.05) is 0 Å². The van der Waals surface area contributed by atoms with Crippen molar-refractivity contribution in [1.29, 1.82) is 0 Å². The summed E-state index contributed by atoms with van der Waals surface area (Å²) in [5, 5.41) is 18.3. The SMILES string of the molecule is O=C1CCc2c(O)cc(OCCO)cc2O1.